The maximum Gasteiger partial charge on any atom is 0.302 e. The average Bonchev–Trinajstić information content (AvgIpc) is 3.01. The summed E-state index contributed by atoms with van der Waals surface area (Å²) in [6.45, 7) is 8.71. The van der Waals surface area contributed by atoms with Gasteiger partial charge in [0.1, 0.15) is 18.3 Å². The first-order valence-corrected chi connectivity index (χ1v) is 8.56. The lowest BCUT2D eigenvalue weighted by Crippen LogP contribution is -2.60. The van der Waals surface area contributed by atoms with Crippen LogP contribution < -0.4 is 0 Å². The van der Waals surface area contributed by atoms with Crippen LogP contribution in [0.15, 0.2) is 0 Å². The molecule has 0 N–H and O–H groups in total. The van der Waals surface area contributed by atoms with Gasteiger partial charge in [-0.2, -0.15) is 0 Å². The molecule has 136 valence electrons. The van der Waals surface area contributed by atoms with E-state index in [2.05, 4.69) is 0 Å². The first kappa shape index (κ1) is 17.8. The summed E-state index contributed by atoms with van der Waals surface area (Å²) in [6, 6.07) is 0. The molecule has 24 heavy (non-hydrogen) atoms. The third-order valence-electron chi connectivity index (χ3n) is 5.06. The zero-order chi connectivity index (χ0) is 17.8. The Kier molecular flexibility index (Phi) is 4.27. The second-order valence-electron chi connectivity index (χ2n) is 7.26. The third kappa shape index (κ3) is 2.77. The number of Topliss-reactive ketones (excluding diaryl/α,β-unsaturated/α-hetero) is 1. The molecule has 3 fully saturated rings. The van der Waals surface area contributed by atoms with Crippen molar-refractivity contribution in [3.05, 3.63) is 0 Å². The number of hydrogen-bond acceptors (Lipinski definition) is 7. The van der Waals surface area contributed by atoms with Gasteiger partial charge in [-0.25, -0.2) is 0 Å². The molecule has 0 aromatic heterocycles. The maximum atomic E-state index is 13.0. The maximum absolute atomic E-state index is 13.0. The van der Waals surface area contributed by atoms with Crippen molar-refractivity contribution in [1.29, 1.82) is 0 Å². The monoisotopic (exact) mass is 342 g/mol. The number of hydrogen-bond donors (Lipinski definition) is 0. The van der Waals surface area contributed by atoms with E-state index in [1.807, 2.05) is 13.8 Å². The van der Waals surface area contributed by atoms with Gasteiger partial charge in [0.05, 0.1) is 6.10 Å². The van der Waals surface area contributed by atoms with Crippen molar-refractivity contribution in [2.24, 2.45) is 0 Å². The molecule has 3 rings (SSSR count). The number of fused-ring (bicyclic) bond motifs is 2. The first-order valence-electron chi connectivity index (χ1n) is 8.56. The van der Waals surface area contributed by atoms with Crippen molar-refractivity contribution in [3.63, 3.8) is 0 Å². The van der Waals surface area contributed by atoms with Crippen LogP contribution in [-0.2, 0) is 33.3 Å². The average molecular weight is 342 g/mol. The van der Waals surface area contributed by atoms with E-state index in [9.17, 15) is 9.59 Å². The number of carbonyl (C=O) groups excluding carboxylic acids is 2. The third-order valence-corrected chi connectivity index (χ3v) is 5.06. The summed E-state index contributed by atoms with van der Waals surface area (Å²) in [5, 5.41) is 0. The van der Waals surface area contributed by atoms with E-state index < -0.39 is 41.5 Å². The smallest absolute Gasteiger partial charge is 0.302 e. The van der Waals surface area contributed by atoms with E-state index in [-0.39, 0.29) is 12.4 Å². The Hall–Kier alpha value is -1.02. The SMILES string of the molecule is CCC1(CC)OC2C(=O)[C@@H]3OC(C)(C)O[C@]3(COC(C)=O)C[C@H]2O1. The zero-order valence-corrected chi connectivity index (χ0v) is 14.9. The summed E-state index contributed by atoms with van der Waals surface area (Å²) in [7, 11) is 0. The molecule has 0 amide bonds. The van der Waals surface area contributed by atoms with Gasteiger partial charge in [0.25, 0.3) is 0 Å². The van der Waals surface area contributed by atoms with E-state index in [1.165, 1.54) is 6.92 Å². The molecule has 1 unspecified atom stereocenters. The topological polar surface area (TPSA) is 80.3 Å². The quantitative estimate of drug-likeness (QED) is 0.720. The van der Waals surface area contributed by atoms with Gasteiger partial charge in [0.15, 0.2) is 23.5 Å². The highest BCUT2D eigenvalue weighted by molar-refractivity contribution is 5.91. The Morgan fingerprint density at radius 2 is 1.88 bits per heavy atom. The largest absolute Gasteiger partial charge is 0.463 e. The Balaban J connectivity index is 1.90. The fourth-order valence-electron chi connectivity index (χ4n) is 3.95. The molecule has 3 aliphatic rings. The minimum Gasteiger partial charge on any atom is -0.463 e. The molecular weight excluding hydrogens is 316 g/mol. The fourth-order valence-corrected chi connectivity index (χ4v) is 3.95. The predicted molar refractivity (Wildman–Crippen MR) is 82.1 cm³/mol. The van der Waals surface area contributed by atoms with Gasteiger partial charge in [-0.3, -0.25) is 9.59 Å². The van der Waals surface area contributed by atoms with Crippen LogP contribution in [0.2, 0.25) is 0 Å². The summed E-state index contributed by atoms with van der Waals surface area (Å²) >= 11 is 0. The molecule has 0 aromatic rings. The number of ether oxygens (including phenoxy) is 5. The van der Waals surface area contributed by atoms with Crippen molar-refractivity contribution < 1.29 is 33.3 Å². The second kappa shape index (κ2) is 5.76. The van der Waals surface area contributed by atoms with E-state index in [0.717, 1.165) is 0 Å². The molecule has 2 saturated heterocycles. The molecule has 7 nitrogen and oxygen atoms in total. The van der Waals surface area contributed by atoms with Crippen molar-refractivity contribution in [2.75, 3.05) is 6.61 Å². The Morgan fingerprint density at radius 1 is 1.21 bits per heavy atom. The minimum atomic E-state index is -1.03. The molecule has 1 saturated carbocycles. The highest BCUT2D eigenvalue weighted by atomic mass is 16.8. The summed E-state index contributed by atoms with van der Waals surface area (Å²) < 4.78 is 29.2. The van der Waals surface area contributed by atoms with Crippen LogP contribution in [0.3, 0.4) is 0 Å². The van der Waals surface area contributed by atoms with Crippen LogP contribution in [0, 0.1) is 0 Å². The van der Waals surface area contributed by atoms with Crippen LogP contribution in [-0.4, -0.2) is 53.8 Å². The van der Waals surface area contributed by atoms with Gasteiger partial charge >= 0.3 is 5.97 Å². The van der Waals surface area contributed by atoms with Crippen LogP contribution in [0.25, 0.3) is 0 Å². The molecule has 1 aliphatic carbocycles. The van der Waals surface area contributed by atoms with Gasteiger partial charge in [-0.15, -0.1) is 0 Å². The number of rotatable bonds is 4. The fraction of sp³-hybridized carbons (Fsp3) is 0.882. The van der Waals surface area contributed by atoms with Gasteiger partial charge in [0, 0.05) is 13.3 Å². The number of esters is 1. The standard InChI is InChI=1S/C17H26O7/c1-6-17(7-2)21-11-8-16(9-20-10(3)18)14(12(19)13(11)22-17)23-15(4,5)24-16/h11,13-14H,6-9H2,1-5H3/t11-,13?,14+,16+/m1/s1. The van der Waals surface area contributed by atoms with Crippen molar-refractivity contribution in [1.82, 2.24) is 0 Å². The van der Waals surface area contributed by atoms with Crippen LogP contribution in [0.1, 0.15) is 53.9 Å². The highest BCUT2D eigenvalue weighted by Gasteiger charge is 2.66. The zero-order valence-electron chi connectivity index (χ0n) is 14.9. The lowest BCUT2D eigenvalue weighted by Gasteiger charge is -2.38. The van der Waals surface area contributed by atoms with Crippen LogP contribution in [0.5, 0.6) is 0 Å². The van der Waals surface area contributed by atoms with Crippen LogP contribution >= 0.6 is 0 Å². The van der Waals surface area contributed by atoms with E-state index in [4.69, 9.17) is 23.7 Å². The Bertz CT molecular complexity index is 539. The van der Waals surface area contributed by atoms with Gasteiger partial charge in [0.2, 0.25) is 0 Å². The van der Waals surface area contributed by atoms with Gasteiger partial charge < -0.3 is 23.7 Å². The first-order chi connectivity index (χ1) is 11.2. The molecule has 0 aromatic carbocycles. The summed E-state index contributed by atoms with van der Waals surface area (Å²) in [5.41, 5.74) is -1.03. The van der Waals surface area contributed by atoms with Crippen LogP contribution in [0.4, 0.5) is 0 Å². The number of carbonyl (C=O) groups is 2. The molecular formula is C17H26O7. The molecule has 7 heteroatoms. The van der Waals surface area contributed by atoms with Crippen molar-refractivity contribution in [2.45, 2.75) is 89.4 Å². The van der Waals surface area contributed by atoms with E-state index in [0.29, 0.717) is 19.3 Å². The van der Waals surface area contributed by atoms with Crippen molar-refractivity contribution in [3.8, 4) is 0 Å². The molecule has 0 spiro atoms. The molecule has 4 atom stereocenters. The lowest BCUT2D eigenvalue weighted by molar-refractivity contribution is -0.197. The Labute approximate surface area is 141 Å². The normalized spacial score (nSPS) is 39.4. The highest BCUT2D eigenvalue weighted by Crippen LogP contribution is 2.49. The molecule has 2 aliphatic heterocycles. The summed E-state index contributed by atoms with van der Waals surface area (Å²) in [4.78, 5) is 24.3. The summed E-state index contributed by atoms with van der Waals surface area (Å²) in [5.74, 6) is -2.31. The molecule has 0 bridgehead atoms. The minimum absolute atomic E-state index is 0.0417. The van der Waals surface area contributed by atoms with E-state index in [1.54, 1.807) is 13.8 Å². The Morgan fingerprint density at radius 3 is 2.46 bits per heavy atom. The van der Waals surface area contributed by atoms with E-state index >= 15 is 0 Å². The van der Waals surface area contributed by atoms with Gasteiger partial charge in [-0.05, 0) is 26.7 Å². The number of ketones is 1. The molecule has 2 heterocycles. The molecule has 0 radical (unpaired) electrons. The lowest BCUT2D eigenvalue weighted by atomic mass is 9.78. The van der Waals surface area contributed by atoms with Gasteiger partial charge in [-0.1, -0.05) is 13.8 Å². The van der Waals surface area contributed by atoms with Crippen molar-refractivity contribution >= 4 is 11.8 Å². The predicted octanol–water partition coefficient (Wildman–Crippen LogP) is 1.71. The second-order valence-corrected chi connectivity index (χ2v) is 7.26. The summed E-state index contributed by atoms with van der Waals surface area (Å²) in [6.07, 6.45) is -0.246.